The number of rotatable bonds is 7. The van der Waals surface area contributed by atoms with Gasteiger partial charge in [0, 0.05) is 44.5 Å². The van der Waals surface area contributed by atoms with Crippen LogP contribution in [0, 0.1) is 0 Å². The van der Waals surface area contributed by atoms with Crippen LogP contribution < -0.4 is 15.1 Å². The Bertz CT molecular complexity index is 744. The van der Waals surface area contributed by atoms with E-state index in [9.17, 15) is 9.59 Å². The molecule has 0 bridgehead atoms. The third kappa shape index (κ3) is 4.63. The van der Waals surface area contributed by atoms with Crippen molar-refractivity contribution in [2.75, 3.05) is 36.5 Å². The monoisotopic (exact) mass is 351 g/mol. The predicted octanol–water partition coefficient (Wildman–Crippen LogP) is 2.61. The van der Waals surface area contributed by atoms with Gasteiger partial charge >= 0.3 is 0 Å². The fourth-order valence-corrected chi connectivity index (χ4v) is 3.14. The average Bonchev–Trinajstić information content (AvgIpc) is 3.09. The third-order valence-electron chi connectivity index (χ3n) is 4.65. The number of para-hydroxylation sites is 1. The first-order chi connectivity index (χ1) is 12.6. The summed E-state index contributed by atoms with van der Waals surface area (Å²) < 4.78 is 0. The summed E-state index contributed by atoms with van der Waals surface area (Å²) in [5, 5.41) is 2.96. The molecule has 136 valence electrons. The van der Waals surface area contributed by atoms with E-state index in [1.54, 1.807) is 0 Å². The number of anilines is 2. The van der Waals surface area contributed by atoms with Crippen molar-refractivity contribution in [2.24, 2.45) is 0 Å². The summed E-state index contributed by atoms with van der Waals surface area (Å²) in [5.74, 6) is 0.189. The van der Waals surface area contributed by atoms with Crippen LogP contribution in [0.5, 0.6) is 0 Å². The molecule has 2 amide bonds. The molecule has 0 atom stereocenters. The Kier molecular flexibility index (Phi) is 5.89. The molecule has 1 N–H and O–H groups in total. The summed E-state index contributed by atoms with van der Waals surface area (Å²) in [6.45, 7) is 2.14. The highest BCUT2D eigenvalue weighted by Crippen LogP contribution is 2.21. The van der Waals surface area contributed by atoms with Gasteiger partial charge < -0.3 is 15.1 Å². The maximum Gasteiger partial charge on any atom is 0.227 e. The highest BCUT2D eigenvalue weighted by molar-refractivity contribution is 5.95. The standard InChI is InChI=1S/C21H25N3O2/c1-23(18-6-3-2-4-7-18)15-13-22-20(25)16-17-9-11-19(12-10-17)24-14-5-8-21(24)26/h2-4,6-7,9-12H,5,8,13-16H2,1H3,(H,22,25). The van der Waals surface area contributed by atoms with Crippen LogP contribution in [0.15, 0.2) is 54.6 Å². The molecule has 1 heterocycles. The molecule has 0 saturated carbocycles. The van der Waals surface area contributed by atoms with Crippen molar-refractivity contribution >= 4 is 23.2 Å². The minimum atomic E-state index is 0.0106. The van der Waals surface area contributed by atoms with Crippen molar-refractivity contribution in [3.63, 3.8) is 0 Å². The lowest BCUT2D eigenvalue weighted by atomic mass is 10.1. The van der Waals surface area contributed by atoms with Gasteiger partial charge in [0.1, 0.15) is 0 Å². The van der Waals surface area contributed by atoms with Crippen LogP contribution in [-0.2, 0) is 16.0 Å². The summed E-state index contributed by atoms with van der Waals surface area (Å²) >= 11 is 0. The summed E-state index contributed by atoms with van der Waals surface area (Å²) in [6, 6.07) is 17.8. The van der Waals surface area contributed by atoms with Crippen LogP contribution in [-0.4, -0.2) is 38.5 Å². The van der Waals surface area contributed by atoms with Crippen LogP contribution >= 0.6 is 0 Å². The summed E-state index contributed by atoms with van der Waals surface area (Å²) in [4.78, 5) is 27.8. The lowest BCUT2D eigenvalue weighted by molar-refractivity contribution is -0.120. The molecule has 26 heavy (non-hydrogen) atoms. The van der Waals surface area contributed by atoms with E-state index >= 15 is 0 Å². The fraction of sp³-hybridized carbons (Fsp3) is 0.333. The zero-order valence-electron chi connectivity index (χ0n) is 15.1. The molecule has 1 aliphatic rings. The topological polar surface area (TPSA) is 52.7 Å². The van der Waals surface area contributed by atoms with E-state index in [0.29, 0.717) is 19.4 Å². The average molecular weight is 351 g/mol. The molecular weight excluding hydrogens is 326 g/mol. The highest BCUT2D eigenvalue weighted by Gasteiger charge is 2.21. The van der Waals surface area contributed by atoms with Gasteiger partial charge in [-0.25, -0.2) is 0 Å². The lowest BCUT2D eigenvalue weighted by Gasteiger charge is -2.19. The summed E-state index contributed by atoms with van der Waals surface area (Å²) in [6.07, 6.45) is 1.89. The van der Waals surface area contributed by atoms with Crippen LogP contribution in [0.1, 0.15) is 18.4 Å². The molecule has 2 aromatic carbocycles. The number of nitrogens with zero attached hydrogens (tertiary/aromatic N) is 2. The quantitative estimate of drug-likeness (QED) is 0.834. The maximum atomic E-state index is 12.1. The van der Waals surface area contributed by atoms with E-state index in [1.807, 2.05) is 54.4 Å². The van der Waals surface area contributed by atoms with E-state index in [4.69, 9.17) is 0 Å². The Hall–Kier alpha value is -2.82. The molecule has 1 aliphatic heterocycles. The van der Waals surface area contributed by atoms with Gasteiger partial charge in [-0.05, 0) is 36.2 Å². The van der Waals surface area contributed by atoms with Gasteiger partial charge in [0.2, 0.25) is 11.8 Å². The molecular formula is C21H25N3O2. The van der Waals surface area contributed by atoms with E-state index in [1.165, 1.54) is 0 Å². The summed E-state index contributed by atoms with van der Waals surface area (Å²) in [5.41, 5.74) is 3.00. The Labute approximate surface area is 154 Å². The Balaban J connectivity index is 1.44. The zero-order chi connectivity index (χ0) is 18.4. The molecule has 0 aromatic heterocycles. The molecule has 2 aromatic rings. The molecule has 0 spiro atoms. The van der Waals surface area contributed by atoms with E-state index in [0.717, 1.165) is 36.4 Å². The zero-order valence-corrected chi connectivity index (χ0v) is 15.1. The number of benzene rings is 2. The number of amides is 2. The molecule has 5 nitrogen and oxygen atoms in total. The van der Waals surface area contributed by atoms with Gasteiger partial charge in [0.05, 0.1) is 6.42 Å². The van der Waals surface area contributed by atoms with Gasteiger partial charge in [-0.15, -0.1) is 0 Å². The highest BCUT2D eigenvalue weighted by atomic mass is 16.2. The van der Waals surface area contributed by atoms with Crippen molar-refractivity contribution in [3.8, 4) is 0 Å². The second kappa shape index (κ2) is 8.52. The van der Waals surface area contributed by atoms with Crippen LogP contribution in [0.4, 0.5) is 11.4 Å². The second-order valence-corrected chi connectivity index (χ2v) is 6.60. The minimum Gasteiger partial charge on any atom is -0.373 e. The molecule has 5 heteroatoms. The number of carbonyl (C=O) groups is 2. The van der Waals surface area contributed by atoms with E-state index in [-0.39, 0.29) is 11.8 Å². The van der Waals surface area contributed by atoms with Crippen LogP contribution in [0.3, 0.4) is 0 Å². The maximum absolute atomic E-state index is 12.1. The Morgan fingerprint density at radius 1 is 1.12 bits per heavy atom. The number of carbonyl (C=O) groups excluding carboxylic acids is 2. The third-order valence-corrected chi connectivity index (χ3v) is 4.65. The van der Waals surface area contributed by atoms with Crippen LogP contribution in [0.25, 0.3) is 0 Å². The lowest BCUT2D eigenvalue weighted by Crippen LogP contribution is -2.33. The van der Waals surface area contributed by atoms with Crippen molar-refractivity contribution in [2.45, 2.75) is 19.3 Å². The normalized spacial score (nSPS) is 13.7. The van der Waals surface area contributed by atoms with E-state index < -0.39 is 0 Å². The first kappa shape index (κ1) is 18.0. The molecule has 1 saturated heterocycles. The molecule has 3 rings (SSSR count). The van der Waals surface area contributed by atoms with Crippen molar-refractivity contribution in [1.82, 2.24) is 5.32 Å². The van der Waals surface area contributed by atoms with Crippen molar-refractivity contribution < 1.29 is 9.59 Å². The van der Waals surface area contributed by atoms with Gasteiger partial charge in [-0.3, -0.25) is 9.59 Å². The van der Waals surface area contributed by atoms with Gasteiger partial charge in [-0.2, -0.15) is 0 Å². The van der Waals surface area contributed by atoms with Crippen molar-refractivity contribution in [3.05, 3.63) is 60.2 Å². The van der Waals surface area contributed by atoms with Gasteiger partial charge in [-0.1, -0.05) is 30.3 Å². The molecule has 1 fully saturated rings. The van der Waals surface area contributed by atoms with Gasteiger partial charge in [0.25, 0.3) is 0 Å². The Morgan fingerprint density at radius 2 is 1.85 bits per heavy atom. The SMILES string of the molecule is CN(CCNC(=O)Cc1ccc(N2CCCC2=O)cc1)c1ccccc1. The number of likely N-dealkylation sites (N-methyl/N-ethyl adjacent to an activating group) is 1. The predicted molar refractivity (Wildman–Crippen MR) is 104 cm³/mol. The first-order valence-electron chi connectivity index (χ1n) is 9.06. The summed E-state index contributed by atoms with van der Waals surface area (Å²) in [7, 11) is 2.01. The fourth-order valence-electron chi connectivity index (χ4n) is 3.14. The second-order valence-electron chi connectivity index (χ2n) is 6.60. The largest absolute Gasteiger partial charge is 0.373 e. The number of hydrogen-bond acceptors (Lipinski definition) is 3. The number of hydrogen-bond donors (Lipinski definition) is 1. The van der Waals surface area contributed by atoms with Gasteiger partial charge in [0.15, 0.2) is 0 Å². The van der Waals surface area contributed by atoms with E-state index in [2.05, 4.69) is 22.3 Å². The van der Waals surface area contributed by atoms with Crippen LogP contribution in [0.2, 0.25) is 0 Å². The Morgan fingerprint density at radius 3 is 2.50 bits per heavy atom. The number of nitrogens with one attached hydrogen (secondary N) is 1. The first-order valence-corrected chi connectivity index (χ1v) is 9.06. The smallest absolute Gasteiger partial charge is 0.227 e. The minimum absolute atomic E-state index is 0.0106. The molecule has 0 aliphatic carbocycles. The molecule has 0 unspecified atom stereocenters. The molecule has 0 radical (unpaired) electrons. The van der Waals surface area contributed by atoms with Crippen molar-refractivity contribution in [1.29, 1.82) is 0 Å².